The maximum absolute atomic E-state index is 11.0. The summed E-state index contributed by atoms with van der Waals surface area (Å²) in [5.74, 6) is 4.40. The van der Waals surface area contributed by atoms with Gasteiger partial charge in [-0.05, 0) is 25.7 Å². The summed E-state index contributed by atoms with van der Waals surface area (Å²) in [6.45, 7) is 20.6. The molecule has 4 unspecified atom stereocenters. The number of hydrogen-bond donors (Lipinski definition) is 4. The molecule has 1 saturated heterocycles. The second kappa shape index (κ2) is 52.8. The Hall–Kier alpha value is 0.380. The van der Waals surface area contributed by atoms with Crippen molar-refractivity contribution in [3.63, 3.8) is 0 Å². The average molecular weight is 1030 g/mol. The zero-order chi connectivity index (χ0) is 50.8. The van der Waals surface area contributed by atoms with E-state index in [1.807, 2.05) is 23.5 Å². The van der Waals surface area contributed by atoms with Crippen LogP contribution in [-0.4, -0.2) is 166 Å². The van der Waals surface area contributed by atoms with E-state index in [1.165, 1.54) is 180 Å². The minimum Gasteiger partial charge on any atom is -0.392 e. The Bertz CT molecular complexity index is 895. The van der Waals surface area contributed by atoms with Crippen LogP contribution in [0.15, 0.2) is 0 Å². The molecule has 1 rings (SSSR count). The highest BCUT2D eigenvalue weighted by molar-refractivity contribution is 7.99. The molecular formula is C60H124N4O4S2. The molecule has 420 valence electrons. The average Bonchev–Trinajstić information content (AvgIpc) is 3.35. The lowest BCUT2D eigenvalue weighted by Crippen LogP contribution is -2.47. The zero-order valence-electron chi connectivity index (χ0n) is 47.5. The minimum absolute atomic E-state index is 0.300. The van der Waals surface area contributed by atoms with Crippen molar-refractivity contribution in [2.45, 2.75) is 283 Å². The first-order chi connectivity index (χ1) is 34.3. The molecule has 0 aromatic rings. The molecule has 1 fully saturated rings. The van der Waals surface area contributed by atoms with Crippen LogP contribution in [0.25, 0.3) is 0 Å². The fraction of sp³-hybridized carbons (Fsp3) is 1.00. The maximum atomic E-state index is 11.0. The fourth-order valence-electron chi connectivity index (χ4n) is 10.3. The molecule has 0 radical (unpaired) electrons. The number of nitrogens with zero attached hydrogens (tertiary/aromatic N) is 4. The first-order valence-corrected chi connectivity index (χ1v) is 33.4. The largest absolute Gasteiger partial charge is 0.392 e. The van der Waals surface area contributed by atoms with Gasteiger partial charge in [0.1, 0.15) is 0 Å². The van der Waals surface area contributed by atoms with Crippen LogP contribution in [-0.2, 0) is 0 Å². The van der Waals surface area contributed by atoms with Crippen molar-refractivity contribution in [3.8, 4) is 0 Å². The van der Waals surface area contributed by atoms with Crippen molar-refractivity contribution >= 4 is 23.5 Å². The van der Waals surface area contributed by atoms with E-state index < -0.39 is 0 Å². The second-order valence-electron chi connectivity index (χ2n) is 22.1. The predicted molar refractivity (Wildman–Crippen MR) is 313 cm³/mol. The van der Waals surface area contributed by atoms with Gasteiger partial charge in [-0.25, -0.2) is 0 Å². The van der Waals surface area contributed by atoms with Gasteiger partial charge in [0.2, 0.25) is 0 Å². The van der Waals surface area contributed by atoms with Crippen LogP contribution < -0.4 is 0 Å². The summed E-state index contributed by atoms with van der Waals surface area (Å²) in [5, 5.41) is 44.2. The molecule has 0 saturated carbocycles. The normalized spacial score (nSPS) is 15.7. The van der Waals surface area contributed by atoms with E-state index in [1.54, 1.807) is 0 Å². The quantitative estimate of drug-likeness (QED) is 0.0442. The van der Waals surface area contributed by atoms with E-state index >= 15 is 0 Å². The number of hydrogen-bond acceptors (Lipinski definition) is 10. The van der Waals surface area contributed by atoms with Crippen LogP contribution in [0.3, 0.4) is 0 Å². The Labute approximate surface area is 446 Å². The molecule has 0 spiro atoms. The molecule has 10 heteroatoms. The number of aliphatic hydroxyl groups is 4. The molecule has 70 heavy (non-hydrogen) atoms. The predicted octanol–water partition coefficient (Wildman–Crippen LogP) is 14.2. The van der Waals surface area contributed by atoms with Gasteiger partial charge in [-0.3, -0.25) is 19.6 Å². The molecule has 0 aromatic carbocycles. The Morgan fingerprint density at radius 2 is 0.529 bits per heavy atom. The molecular weight excluding hydrogens is 905 g/mol. The third-order valence-electron chi connectivity index (χ3n) is 15.1. The molecule has 0 amide bonds. The summed E-state index contributed by atoms with van der Waals surface area (Å²) in [5.41, 5.74) is 0. The van der Waals surface area contributed by atoms with Crippen LogP contribution in [0, 0.1) is 0 Å². The van der Waals surface area contributed by atoms with Crippen LogP contribution in [0.4, 0.5) is 0 Å². The summed E-state index contributed by atoms with van der Waals surface area (Å²) in [4.78, 5) is 10.0. The van der Waals surface area contributed by atoms with Gasteiger partial charge in [-0.15, -0.1) is 0 Å². The molecule has 0 aromatic heterocycles. The highest BCUT2D eigenvalue weighted by Crippen LogP contribution is 2.18. The standard InChI is InChI=1S/C60H124N4O4S2/c1-5-9-13-17-21-25-29-33-37-57(65)53-63(54-58(66)38-34-30-26-22-18-14-10-6-2)47-51-69-49-45-61-41-43-62(44-42-61)46-50-70-52-48-64(55-59(67)39-35-31-27-23-19-15-11-7-3)56-60(68)40-36-32-28-24-20-16-12-8-4/h57-60,65-68H,5-56H2,1-4H3. The zero-order valence-corrected chi connectivity index (χ0v) is 49.1. The molecule has 1 aliphatic rings. The lowest BCUT2D eigenvalue weighted by Gasteiger charge is -2.34. The van der Waals surface area contributed by atoms with Gasteiger partial charge < -0.3 is 20.4 Å². The monoisotopic (exact) mass is 1030 g/mol. The molecule has 8 nitrogen and oxygen atoms in total. The van der Waals surface area contributed by atoms with Gasteiger partial charge in [0, 0.05) is 102 Å². The van der Waals surface area contributed by atoms with Crippen LogP contribution in [0.2, 0.25) is 0 Å². The van der Waals surface area contributed by atoms with Gasteiger partial charge in [0.05, 0.1) is 24.4 Å². The first-order valence-electron chi connectivity index (χ1n) is 31.1. The van der Waals surface area contributed by atoms with Gasteiger partial charge >= 0.3 is 0 Å². The van der Waals surface area contributed by atoms with E-state index in [4.69, 9.17) is 0 Å². The lowest BCUT2D eigenvalue weighted by atomic mass is 10.0. The Morgan fingerprint density at radius 1 is 0.314 bits per heavy atom. The van der Waals surface area contributed by atoms with E-state index in [0.717, 1.165) is 127 Å². The van der Waals surface area contributed by atoms with Crippen LogP contribution in [0.1, 0.15) is 259 Å². The summed E-state index contributed by atoms with van der Waals surface area (Å²) in [7, 11) is 0. The van der Waals surface area contributed by atoms with Crippen molar-refractivity contribution < 1.29 is 20.4 Å². The van der Waals surface area contributed by atoms with E-state index in [9.17, 15) is 20.4 Å². The Kier molecular flexibility index (Phi) is 51.6. The summed E-state index contributed by atoms with van der Waals surface area (Å²) in [6, 6.07) is 0. The summed E-state index contributed by atoms with van der Waals surface area (Å²) in [6.07, 6.45) is 43.7. The fourth-order valence-corrected chi connectivity index (χ4v) is 12.3. The van der Waals surface area contributed by atoms with E-state index in [2.05, 4.69) is 47.3 Å². The minimum atomic E-state index is -0.300. The molecule has 0 aliphatic carbocycles. The molecule has 4 atom stereocenters. The van der Waals surface area contributed by atoms with E-state index in [-0.39, 0.29) is 24.4 Å². The number of aliphatic hydroxyl groups excluding tert-OH is 4. The highest BCUT2D eigenvalue weighted by atomic mass is 32.2. The van der Waals surface area contributed by atoms with Crippen molar-refractivity contribution in [2.75, 3.05) is 102 Å². The van der Waals surface area contributed by atoms with Gasteiger partial charge in [0.15, 0.2) is 0 Å². The maximum Gasteiger partial charge on any atom is 0.0667 e. The molecule has 1 heterocycles. The summed E-state index contributed by atoms with van der Waals surface area (Å²) >= 11 is 4.08. The number of unbranched alkanes of at least 4 members (excludes halogenated alkanes) is 28. The van der Waals surface area contributed by atoms with Crippen LogP contribution >= 0.6 is 23.5 Å². The molecule has 1 aliphatic heterocycles. The SMILES string of the molecule is CCCCCCCCCCC(O)CN(CCSCCN1CCN(CCSCCN(CC(O)CCCCCCCCCC)CC(O)CCCCCCCCCC)CC1)CC(O)CCCCCCCCCC. The van der Waals surface area contributed by atoms with Crippen molar-refractivity contribution in [1.29, 1.82) is 0 Å². The molecule has 0 bridgehead atoms. The molecule has 4 N–H and O–H groups in total. The first kappa shape index (κ1) is 68.4. The van der Waals surface area contributed by atoms with Crippen molar-refractivity contribution in [1.82, 2.24) is 19.6 Å². The highest BCUT2D eigenvalue weighted by Gasteiger charge is 2.20. The van der Waals surface area contributed by atoms with E-state index in [0.29, 0.717) is 26.2 Å². The number of rotatable bonds is 56. The Balaban J connectivity index is 2.42. The third kappa shape index (κ3) is 45.7. The van der Waals surface area contributed by atoms with Crippen LogP contribution in [0.5, 0.6) is 0 Å². The lowest BCUT2D eigenvalue weighted by molar-refractivity contribution is 0.0634. The topological polar surface area (TPSA) is 93.9 Å². The second-order valence-corrected chi connectivity index (χ2v) is 24.5. The Morgan fingerprint density at radius 3 is 0.757 bits per heavy atom. The van der Waals surface area contributed by atoms with Crippen molar-refractivity contribution in [3.05, 3.63) is 0 Å². The van der Waals surface area contributed by atoms with Gasteiger partial charge in [0.25, 0.3) is 0 Å². The number of thioether (sulfide) groups is 2. The third-order valence-corrected chi connectivity index (χ3v) is 17.0. The number of piperazine rings is 1. The van der Waals surface area contributed by atoms with Gasteiger partial charge in [-0.2, -0.15) is 23.5 Å². The van der Waals surface area contributed by atoms with Crippen molar-refractivity contribution in [2.24, 2.45) is 0 Å². The smallest absolute Gasteiger partial charge is 0.0667 e. The summed E-state index contributed by atoms with van der Waals surface area (Å²) < 4.78 is 0. The van der Waals surface area contributed by atoms with Gasteiger partial charge in [-0.1, -0.05) is 233 Å².